The predicted molar refractivity (Wildman–Crippen MR) is 99.2 cm³/mol. The third-order valence-electron chi connectivity index (χ3n) is 4.59. The molecule has 1 aromatic rings. The van der Waals surface area contributed by atoms with E-state index >= 15 is 0 Å². The third-order valence-corrected chi connectivity index (χ3v) is 8.12. The summed E-state index contributed by atoms with van der Waals surface area (Å²) in [5, 5.41) is 0.876. The average Bonchev–Trinajstić information content (AvgIpc) is 3.23. The molecule has 9 heteroatoms. The summed E-state index contributed by atoms with van der Waals surface area (Å²) in [6.45, 7) is 0.576. The van der Waals surface area contributed by atoms with Crippen molar-refractivity contribution in [2.45, 2.75) is 30.2 Å². The van der Waals surface area contributed by atoms with Crippen molar-refractivity contribution in [3.63, 3.8) is 0 Å². The van der Waals surface area contributed by atoms with Crippen LogP contribution in [-0.4, -0.2) is 55.0 Å². The van der Waals surface area contributed by atoms with Crippen LogP contribution >= 0.6 is 23.4 Å². The molecule has 0 radical (unpaired) electrons. The number of para-hydroxylation sites is 1. The van der Waals surface area contributed by atoms with Gasteiger partial charge in [-0.2, -0.15) is 4.99 Å². The zero-order valence-corrected chi connectivity index (χ0v) is 15.7. The zero-order valence-electron chi connectivity index (χ0n) is 13.3. The van der Waals surface area contributed by atoms with Crippen LogP contribution in [0.25, 0.3) is 0 Å². The summed E-state index contributed by atoms with van der Waals surface area (Å²) >= 11 is 7.67. The molecule has 25 heavy (non-hydrogen) atoms. The number of ether oxygens (including phenoxy) is 1. The Morgan fingerprint density at radius 1 is 1.32 bits per heavy atom. The molecule has 6 nitrogen and oxygen atoms in total. The molecule has 3 aliphatic heterocycles. The Hall–Kier alpha value is -1.09. The highest BCUT2D eigenvalue weighted by Gasteiger charge is 2.50. The number of carbonyl (C=O) groups is 1. The van der Waals surface area contributed by atoms with Gasteiger partial charge in [0.1, 0.15) is 6.10 Å². The van der Waals surface area contributed by atoms with Gasteiger partial charge in [0.05, 0.1) is 28.3 Å². The van der Waals surface area contributed by atoms with E-state index in [2.05, 4.69) is 4.99 Å². The molecule has 0 unspecified atom stereocenters. The fourth-order valence-electron chi connectivity index (χ4n) is 3.43. The summed E-state index contributed by atoms with van der Waals surface area (Å²) in [5.74, 6) is -0.167. The number of sulfone groups is 1. The summed E-state index contributed by atoms with van der Waals surface area (Å²) in [6.07, 6.45) is 1.03. The first-order valence-corrected chi connectivity index (χ1v) is 11.2. The molecule has 134 valence electrons. The van der Waals surface area contributed by atoms with Crippen LogP contribution in [-0.2, 0) is 19.4 Å². The van der Waals surface area contributed by atoms with Crippen molar-refractivity contribution in [1.29, 1.82) is 0 Å². The number of amidine groups is 1. The molecule has 4 rings (SSSR count). The van der Waals surface area contributed by atoms with E-state index < -0.39 is 15.9 Å². The van der Waals surface area contributed by atoms with Crippen molar-refractivity contribution < 1.29 is 17.9 Å². The Morgan fingerprint density at radius 2 is 2.12 bits per heavy atom. The van der Waals surface area contributed by atoms with E-state index in [1.807, 2.05) is 23.1 Å². The van der Waals surface area contributed by atoms with E-state index in [-0.39, 0.29) is 28.7 Å². The lowest BCUT2D eigenvalue weighted by atomic mass is 10.2. The number of amides is 1. The van der Waals surface area contributed by atoms with E-state index in [0.29, 0.717) is 28.9 Å². The summed E-state index contributed by atoms with van der Waals surface area (Å²) < 4.78 is 29.5. The Labute approximate surface area is 155 Å². The van der Waals surface area contributed by atoms with Gasteiger partial charge in [-0.05, 0) is 25.0 Å². The van der Waals surface area contributed by atoms with E-state index in [1.165, 1.54) is 11.8 Å². The first kappa shape index (κ1) is 17.3. The van der Waals surface area contributed by atoms with E-state index in [1.54, 1.807) is 6.07 Å². The number of fused-ring (bicyclic) bond motifs is 1. The largest absolute Gasteiger partial charge is 0.368 e. The normalized spacial score (nSPS) is 32.3. The number of nitrogens with zero attached hydrogens (tertiary/aromatic N) is 2. The highest BCUT2D eigenvalue weighted by molar-refractivity contribution is 8.16. The molecule has 1 aromatic carbocycles. The Bertz CT molecular complexity index is 836. The fraction of sp³-hybridized carbons (Fsp3) is 0.500. The zero-order chi connectivity index (χ0) is 17.6. The molecule has 3 atom stereocenters. The van der Waals surface area contributed by atoms with Gasteiger partial charge in [-0.3, -0.25) is 4.79 Å². The highest BCUT2D eigenvalue weighted by Crippen LogP contribution is 2.43. The number of hydrogen-bond donors (Lipinski definition) is 0. The topological polar surface area (TPSA) is 76.0 Å². The van der Waals surface area contributed by atoms with E-state index in [4.69, 9.17) is 16.3 Å². The second-order valence-electron chi connectivity index (χ2n) is 6.36. The van der Waals surface area contributed by atoms with Crippen LogP contribution in [0.3, 0.4) is 0 Å². The number of aliphatic imine (C=N–C) groups is 1. The molecule has 0 spiro atoms. The Balaban J connectivity index is 1.71. The number of halogens is 1. The quantitative estimate of drug-likeness (QED) is 0.756. The minimum absolute atomic E-state index is 0.0447. The van der Waals surface area contributed by atoms with Gasteiger partial charge in [0, 0.05) is 11.9 Å². The molecule has 0 bridgehead atoms. The minimum atomic E-state index is -3.10. The molecule has 3 saturated heterocycles. The summed E-state index contributed by atoms with van der Waals surface area (Å²) in [5.41, 5.74) is 0.681. The van der Waals surface area contributed by atoms with Gasteiger partial charge in [0.2, 0.25) is 0 Å². The molecule has 0 N–H and O–H groups in total. The van der Waals surface area contributed by atoms with Gasteiger partial charge in [-0.15, -0.1) is 0 Å². The number of hydrogen-bond acceptors (Lipinski definition) is 5. The molecule has 1 amide bonds. The van der Waals surface area contributed by atoms with Crippen LogP contribution in [0.2, 0.25) is 5.02 Å². The predicted octanol–water partition coefficient (Wildman–Crippen LogP) is 2.12. The van der Waals surface area contributed by atoms with Gasteiger partial charge in [-0.1, -0.05) is 35.5 Å². The van der Waals surface area contributed by atoms with E-state index in [0.717, 1.165) is 6.42 Å². The standard InChI is InChI=1S/C16H17ClN2O4S2/c17-10-4-1-2-5-11(10)19-12-8-25(21,22)9-14(12)24-16(19)18-15(20)13-6-3-7-23-13/h1-2,4-5,12-14H,3,6-9H2/t12-,13+,14+/m0/s1. The van der Waals surface area contributed by atoms with Gasteiger partial charge >= 0.3 is 0 Å². The second-order valence-corrected chi connectivity index (χ2v) is 10.1. The molecule has 3 aliphatic rings. The molecule has 3 heterocycles. The number of carbonyl (C=O) groups excluding carboxylic acids is 1. The molecular formula is C16H17ClN2O4S2. The average molecular weight is 401 g/mol. The van der Waals surface area contributed by atoms with Gasteiger partial charge in [0.15, 0.2) is 15.0 Å². The third kappa shape index (κ3) is 3.32. The first-order valence-electron chi connectivity index (χ1n) is 8.09. The number of benzene rings is 1. The van der Waals surface area contributed by atoms with Gasteiger partial charge in [0.25, 0.3) is 5.91 Å². The lowest BCUT2D eigenvalue weighted by molar-refractivity contribution is -0.126. The maximum atomic E-state index is 12.4. The van der Waals surface area contributed by atoms with Gasteiger partial charge in [-0.25, -0.2) is 8.42 Å². The second kappa shape index (κ2) is 6.57. The minimum Gasteiger partial charge on any atom is -0.368 e. The SMILES string of the molecule is O=C(N=C1S[C@@H]2CS(=O)(=O)C[C@@H]2N1c1ccccc1Cl)[C@H]1CCCO1. The summed E-state index contributed by atoms with van der Waals surface area (Å²) in [6, 6.07) is 6.96. The maximum absolute atomic E-state index is 12.4. The lowest BCUT2D eigenvalue weighted by Crippen LogP contribution is -2.38. The van der Waals surface area contributed by atoms with Crippen LogP contribution in [0.5, 0.6) is 0 Å². The van der Waals surface area contributed by atoms with Crippen molar-refractivity contribution >= 4 is 50.0 Å². The van der Waals surface area contributed by atoms with Crippen LogP contribution in [0, 0.1) is 0 Å². The number of rotatable bonds is 2. The smallest absolute Gasteiger partial charge is 0.277 e. The first-order chi connectivity index (χ1) is 11.9. The van der Waals surface area contributed by atoms with Gasteiger partial charge < -0.3 is 9.64 Å². The van der Waals surface area contributed by atoms with Crippen LogP contribution in [0.1, 0.15) is 12.8 Å². The fourth-order valence-corrected chi connectivity index (χ4v) is 7.57. The van der Waals surface area contributed by atoms with Crippen molar-refractivity contribution in [3.05, 3.63) is 29.3 Å². The summed E-state index contributed by atoms with van der Waals surface area (Å²) in [7, 11) is -3.10. The van der Waals surface area contributed by atoms with Crippen molar-refractivity contribution in [1.82, 2.24) is 0 Å². The van der Waals surface area contributed by atoms with E-state index in [9.17, 15) is 13.2 Å². The van der Waals surface area contributed by atoms with Crippen LogP contribution < -0.4 is 4.90 Å². The molecule has 0 saturated carbocycles. The van der Waals surface area contributed by atoms with Crippen LogP contribution in [0.4, 0.5) is 5.69 Å². The Morgan fingerprint density at radius 3 is 2.84 bits per heavy atom. The Kier molecular flexibility index (Phi) is 4.56. The van der Waals surface area contributed by atoms with Crippen molar-refractivity contribution in [2.24, 2.45) is 4.99 Å². The monoisotopic (exact) mass is 400 g/mol. The van der Waals surface area contributed by atoms with Crippen molar-refractivity contribution in [3.8, 4) is 0 Å². The van der Waals surface area contributed by atoms with Crippen LogP contribution in [0.15, 0.2) is 29.3 Å². The molecule has 0 aliphatic carbocycles. The molecular weight excluding hydrogens is 384 g/mol. The molecule has 3 fully saturated rings. The maximum Gasteiger partial charge on any atom is 0.277 e. The lowest BCUT2D eigenvalue weighted by Gasteiger charge is -2.25. The van der Waals surface area contributed by atoms with Crippen molar-refractivity contribution in [2.75, 3.05) is 23.0 Å². The number of anilines is 1. The molecule has 0 aromatic heterocycles. The highest BCUT2D eigenvalue weighted by atomic mass is 35.5. The summed E-state index contributed by atoms with van der Waals surface area (Å²) in [4.78, 5) is 18.5. The number of thioether (sulfide) groups is 1.